The van der Waals surface area contributed by atoms with Crippen molar-refractivity contribution in [2.24, 2.45) is 11.8 Å². The summed E-state index contributed by atoms with van der Waals surface area (Å²) in [6.45, 7) is 10.0. The van der Waals surface area contributed by atoms with Crippen molar-refractivity contribution in [1.82, 2.24) is 14.7 Å². The number of piperazine rings is 1. The highest BCUT2D eigenvalue weighted by atomic mass is 16.5. The van der Waals surface area contributed by atoms with Crippen LogP contribution in [0.15, 0.2) is 30.3 Å². The summed E-state index contributed by atoms with van der Waals surface area (Å²) < 4.78 is 5.56. The van der Waals surface area contributed by atoms with Gasteiger partial charge in [0.25, 0.3) is 0 Å². The fourth-order valence-electron chi connectivity index (χ4n) is 4.23. The Hall–Kier alpha value is -1.92. The van der Waals surface area contributed by atoms with Crippen LogP contribution in [-0.2, 0) is 20.9 Å². The second-order valence-electron chi connectivity index (χ2n) is 8.38. The van der Waals surface area contributed by atoms with E-state index in [1.807, 2.05) is 40.1 Å². The number of nitrogens with zero attached hydrogens (tertiary/aromatic N) is 3. The summed E-state index contributed by atoms with van der Waals surface area (Å²) in [4.78, 5) is 31.0. The summed E-state index contributed by atoms with van der Waals surface area (Å²) in [7, 11) is 0. The van der Waals surface area contributed by atoms with Crippen molar-refractivity contribution in [3.8, 4) is 0 Å². The van der Waals surface area contributed by atoms with Crippen LogP contribution in [0.4, 0.5) is 0 Å². The lowest BCUT2D eigenvalue weighted by Gasteiger charge is -2.38. The van der Waals surface area contributed by atoms with Gasteiger partial charge in [-0.2, -0.15) is 0 Å². The van der Waals surface area contributed by atoms with Gasteiger partial charge in [0.1, 0.15) is 6.61 Å². The molecule has 0 bridgehead atoms. The Morgan fingerprint density at radius 3 is 2.21 bits per heavy atom. The maximum absolute atomic E-state index is 12.6. The minimum absolute atomic E-state index is 0.0283. The third-order valence-corrected chi connectivity index (χ3v) is 5.64. The van der Waals surface area contributed by atoms with Crippen molar-refractivity contribution in [3.05, 3.63) is 35.9 Å². The minimum atomic E-state index is 0.0283. The molecule has 2 aliphatic heterocycles. The quantitative estimate of drug-likeness (QED) is 0.748. The molecule has 0 spiro atoms. The SMILES string of the molecule is CC1CC(C)CN(C(=O)CN2CCN(C(=O)COCc3ccccc3)CC2)C1. The Balaban J connectivity index is 1.35. The zero-order valence-electron chi connectivity index (χ0n) is 17.2. The second-order valence-corrected chi connectivity index (χ2v) is 8.38. The number of carbonyl (C=O) groups is 2. The molecule has 6 heteroatoms. The number of hydrogen-bond acceptors (Lipinski definition) is 4. The number of piperidine rings is 1. The van der Waals surface area contributed by atoms with E-state index in [1.165, 1.54) is 6.42 Å². The van der Waals surface area contributed by atoms with Crippen molar-refractivity contribution in [2.75, 3.05) is 52.4 Å². The Labute approximate surface area is 168 Å². The van der Waals surface area contributed by atoms with Crippen molar-refractivity contribution in [3.63, 3.8) is 0 Å². The van der Waals surface area contributed by atoms with Crippen molar-refractivity contribution >= 4 is 11.8 Å². The monoisotopic (exact) mass is 387 g/mol. The van der Waals surface area contributed by atoms with E-state index in [-0.39, 0.29) is 18.4 Å². The van der Waals surface area contributed by atoms with Crippen LogP contribution >= 0.6 is 0 Å². The van der Waals surface area contributed by atoms with Crippen molar-refractivity contribution in [2.45, 2.75) is 26.9 Å². The number of ether oxygens (including phenoxy) is 1. The summed E-state index contributed by atoms with van der Waals surface area (Å²) in [6.07, 6.45) is 1.21. The van der Waals surface area contributed by atoms with Crippen LogP contribution in [0.5, 0.6) is 0 Å². The topological polar surface area (TPSA) is 53.1 Å². The summed E-state index contributed by atoms with van der Waals surface area (Å²) >= 11 is 0. The van der Waals surface area contributed by atoms with Gasteiger partial charge in [0.15, 0.2) is 0 Å². The molecule has 2 amide bonds. The number of amides is 2. The van der Waals surface area contributed by atoms with Crippen LogP contribution in [0.3, 0.4) is 0 Å². The Kier molecular flexibility index (Phi) is 7.45. The Bertz CT molecular complexity index is 634. The maximum atomic E-state index is 12.6. The second kappa shape index (κ2) is 10.0. The van der Waals surface area contributed by atoms with Crippen LogP contribution in [0.1, 0.15) is 25.8 Å². The minimum Gasteiger partial charge on any atom is -0.367 e. The molecular weight excluding hydrogens is 354 g/mol. The predicted octanol–water partition coefficient (Wildman–Crippen LogP) is 1.85. The third-order valence-electron chi connectivity index (χ3n) is 5.64. The Morgan fingerprint density at radius 1 is 0.929 bits per heavy atom. The molecule has 0 aliphatic carbocycles. The first-order valence-electron chi connectivity index (χ1n) is 10.4. The predicted molar refractivity (Wildman–Crippen MR) is 109 cm³/mol. The van der Waals surface area contributed by atoms with E-state index in [0.29, 0.717) is 38.1 Å². The fourth-order valence-corrected chi connectivity index (χ4v) is 4.23. The molecule has 0 aromatic heterocycles. The normalized spacial score (nSPS) is 23.6. The average molecular weight is 388 g/mol. The van der Waals surface area contributed by atoms with Gasteiger partial charge in [0.05, 0.1) is 13.2 Å². The highest BCUT2D eigenvalue weighted by molar-refractivity contribution is 5.79. The van der Waals surface area contributed by atoms with Gasteiger partial charge in [0.2, 0.25) is 11.8 Å². The molecule has 6 nitrogen and oxygen atoms in total. The third kappa shape index (κ3) is 6.04. The fraction of sp³-hybridized carbons (Fsp3) is 0.636. The van der Waals surface area contributed by atoms with E-state index in [4.69, 9.17) is 4.74 Å². The zero-order chi connectivity index (χ0) is 19.9. The van der Waals surface area contributed by atoms with Gasteiger partial charge in [-0.15, -0.1) is 0 Å². The number of hydrogen-bond donors (Lipinski definition) is 0. The summed E-state index contributed by atoms with van der Waals surface area (Å²) in [5.41, 5.74) is 1.07. The molecule has 154 valence electrons. The van der Waals surface area contributed by atoms with E-state index in [9.17, 15) is 9.59 Å². The molecule has 0 N–H and O–H groups in total. The average Bonchev–Trinajstić information content (AvgIpc) is 2.68. The van der Waals surface area contributed by atoms with Crippen LogP contribution in [-0.4, -0.2) is 78.9 Å². The molecule has 2 saturated heterocycles. The van der Waals surface area contributed by atoms with Crippen LogP contribution in [0, 0.1) is 11.8 Å². The molecule has 0 radical (unpaired) electrons. The van der Waals surface area contributed by atoms with Gasteiger partial charge >= 0.3 is 0 Å². The van der Waals surface area contributed by atoms with E-state index < -0.39 is 0 Å². The molecule has 1 aromatic carbocycles. The molecular formula is C22H33N3O3. The van der Waals surface area contributed by atoms with Crippen LogP contribution in [0.2, 0.25) is 0 Å². The number of rotatable bonds is 6. The molecule has 2 aliphatic rings. The van der Waals surface area contributed by atoms with Crippen molar-refractivity contribution < 1.29 is 14.3 Å². The van der Waals surface area contributed by atoms with E-state index >= 15 is 0 Å². The first kappa shape index (κ1) is 20.8. The first-order valence-corrected chi connectivity index (χ1v) is 10.4. The molecule has 2 atom stereocenters. The molecule has 3 rings (SSSR count). The molecule has 2 fully saturated rings. The molecule has 1 aromatic rings. The molecule has 2 unspecified atom stereocenters. The van der Waals surface area contributed by atoms with E-state index in [0.717, 1.165) is 31.7 Å². The van der Waals surface area contributed by atoms with Crippen LogP contribution < -0.4 is 0 Å². The lowest BCUT2D eigenvalue weighted by molar-refractivity contribution is -0.139. The molecule has 2 heterocycles. The van der Waals surface area contributed by atoms with Crippen LogP contribution in [0.25, 0.3) is 0 Å². The highest BCUT2D eigenvalue weighted by Crippen LogP contribution is 2.21. The summed E-state index contributed by atoms with van der Waals surface area (Å²) in [6, 6.07) is 9.87. The van der Waals surface area contributed by atoms with Gasteiger partial charge in [-0.05, 0) is 23.8 Å². The Morgan fingerprint density at radius 2 is 1.57 bits per heavy atom. The zero-order valence-corrected chi connectivity index (χ0v) is 17.2. The summed E-state index contributed by atoms with van der Waals surface area (Å²) in [5.74, 6) is 1.42. The van der Waals surface area contributed by atoms with Gasteiger partial charge < -0.3 is 14.5 Å². The van der Waals surface area contributed by atoms with E-state index in [2.05, 4.69) is 18.7 Å². The lowest BCUT2D eigenvalue weighted by Crippen LogP contribution is -2.53. The lowest BCUT2D eigenvalue weighted by atomic mass is 9.92. The summed E-state index contributed by atoms with van der Waals surface area (Å²) in [5, 5.41) is 0. The van der Waals surface area contributed by atoms with Gasteiger partial charge in [-0.25, -0.2) is 0 Å². The number of benzene rings is 1. The van der Waals surface area contributed by atoms with Gasteiger partial charge in [0, 0.05) is 39.3 Å². The van der Waals surface area contributed by atoms with Gasteiger partial charge in [-0.1, -0.05) is 44.2 Å². The largest absolute Gasteiger partial charge is 0.367 e. The van der Waals surface area contributed by atoms with Crippen molar-refractivity contribution in [1.29, 1.82) is 0 Å². The molecule has 0 saturated carbocycles. The smallest absolute Gasteiger partial charge is 0.248 e. The first-order chi connectivity index (χ1) is 13.5. The standard InChI is InChI=1S/C22H33N3O3/c1-18-12-19(2)14-25(13-18)21(26)15-23-8-10-24(11-9-23)22(27)17-28-16-20-6-4-3-5-7-20/h3-7,18-19H,8-17H2,1-2H3. The number of likely N-dealkylation sites (tertiary alicyclic amines) is 1. The maximum Gasteiger partial charge on any atom is 0.248 e. The highest BCUT2D eigenvalue weighted by Gasteiger charge is 2.28. The number of carbonyl (C=O) groups excluding carboxylic acids is 2. The molecule has 28 heavy (non-hydrogen) atoms. The van der Waals surface area contributed by atoms with Gasteiger partial charge in [-0.3, -0.25) is 14.5 Å². The van der Waals surface area contributed by atoms with E-state index in [1.54, 1.807) is 0 Å².